The van der Waals surface area contributed by atoms with Gasteiger partial charge in [0.15, 0.2) is 0 Å². The van der Waals surface area contributed by atoms with Crippen molar-refractivity contribution < 1.29 is 15.0 Å². The van der Waals surface area contributed by atoms with Gasteiger partial charge in [-0.15, -0.1) is 0 Å². The van der Waals surface area contributed by atoms with E-state index in [1.165, 1.54) is 19.3 Å². The lowest BCUT2D eigenvalue weighted by atomic mass is 9.48. The third-order valence-electron chi connectivity index (χ3n) is 7.15. The number of rotatable bonds is 5. The van der Waals surface area contributed by atoms with Gasteiger partial charge in [0, 0.05) is 5.56 Å². The monoisotopic (exact) mass is 378 g/mol. The van der Waals surface area contributed by atoms with Crippen LogP contribution in [-0.2, 0) is 10.2 Å². The molecule has 3 nitrogen and oxygen atoms in total. The summed E-state index contributed by atoms with van der Waals surface area (Å²) >= 11 is 0. The first kappa shape index (κ1) is 19.0. The van der Waals surface area contributed by atoms with Crippen molar-refractivity contribution in [3.8, 4) is 5.75 Å². The zero-order chi connectivity index (χ0) is 19.9. The second-order valence-corrected chi connectivity index (χ2v) is 9.18. The van der Waals surface area contributed by atoms with Crippen LogP contribution >= 0.6 is 0 Å². The summed E-state index contributed by atoms with van der Waals surface area (Å²) in [6.07, 6.45) is 14.9. The number of aromatic hydroxyl groups is 1. The Morgan fingerprint density at radius 2 is 1.68 bits per heavy atom. The second kappa shape index (κ2) is 7.27. The summed E-state index contributed by atoms with van der Waals surface area (Å²) in [4.78, 5) is 12.0. The van der Waals surface area contributed by atoms with Crippen LogP contribution in [0, 0.1) is 17.8 Å². The Hall–Kier alpha value is -2.29. The van der Waals surface area contributed by atoms with Crippen LogP contribution in [0.3, 0.4) is 0 Å². The standard InChI is InChI=1S/C25H30O3/c1-3-4-5-6-16(2)23(24(27)28)20-7-8-22(26)21(12-20)25-13-17-9-18(14-25)11-19(10-17)15-25/h3-8,12,17-19,26H,9-11,13-15H2,1-2H3,(H,27,28). The maximum absolute atomic E-state index is 12.0. The van der Waals surface area contributed by atoms with Crippen LogP contribution in [0.1, 0.15) is 63.5 Å². The number of benzene rings is 1. The molecule has 0 radical (unpaired) electrons. The van der Waals surface area contributed by atoms with E-state index in [4.69, 9.17) is 0 Å². The Morgan fingerprint density at radius 1 is 1.07 bits per heavy atom. The first-order valence-corrected chi connectivity index (χ1v) is 10.5. The molecule has 0 saturated heterocycles. The molecule has 4 bridgehead atoms. The van der Waals surface area contributed by atoms with E-state index < -0.39 is 5.97 Å². The fraction of sp³-hybridized carbons (Fsp3) is 0.480. The van der Waals surface area contributed by atoms with Crippen molar-refractivity contribution in [2.75, 3.05) is 0 Å². The Labute approximate surface area is 167 Å². The van der Waals surface area contributed by atoms with Gasteiger partial charge in [0.1, 0.15) is 5.75 Å². The minimum atomic E-state index is -0.926. The highest BCUT2D eigenvalue weighted by molar-refractivity contribution is 6.17. The highest BCUT2D eigenvalue weighted by Gasteiger charge is 2.52. The minimum absolute atomic E-state index is 0.0349. The number of aliphatic carboxylic acids is 1. The molecule has 1 aromatic rings. The molecule has 0 aliphatic heterocycles. The number of hydrogen-bond donors (Lipinski definition) is 2. The molecular formula is C25H30O3. The number of phenols is 1. The number of phenolic OH excluding ortho intramolecular Hbond substituents is 1. The van der Waals surface area contributed by atoms with E-state index in [9.17, 15) is 15.0 Å². The number of carbonyl (C=O) groups is 1. The van der Waals surface area contributed by atoms with Crippen molar-refractivity contribution in [1.82, 2.24) is 0 Å². The molecule has 0 heterocycles. The van der Waals surface area contributed by atoms with Gasteiger partial charge in [0.05, 0.1) is 5.57 Å². The fourth-order valence-electron chi connectivity index (χ4n) is 6.47. The third kappa shape index (κ3) is 3.32. The summed E-state index contributed by atoms with van der Waals surface area (Å²) in [6, 6.07) is 5.42. The summed E-state index contributed by atoms with van der Waals surface area (Å²) in [6.45, 7) is 3.76. The predicted octanol–water partition coefficient (Wildman–Crippen LogP) is 5.85. The van der Waals surface area contributed by atoms with E-state index in [1.54, 1.807) is 12.1 Å². The third-order valence-corrected chi connectivity index (χ3v) is 7.15. The molecule has 4 fully saturated rings. The van der Waals surface area contributed by atoms with Gasteiger partial charge in [0.25, 0.3) is 0 Å². The minimum Gasteiger partial charge on any atom is -0.508 e. The van der Waals surface area contributed by atoms with Gasteiger partial charge in [-0.25, -0.2) is 4.79 Å². The number of carboxylic acids is 1. The second-order valence-electron chi connectivity index (χ2n) is 9.18. The van der Waals surface area contributed by atoms with Gasteiger partial charge in [-0.1, -0.05) is 30.4 Å². The van der Waals surface area contributed by atoms with E-state index >= 15 is 0 Å². The van der Waals surface area contributed by atoms with E-state index in [1.807, 2.05) is 44.2 Å². The molecule has 4 saturated carbocycles. The topological polar surface area (TPSA) is 57.5 Å². The van der Waals surface area contributed by atoms with Crippen LogP contribution in [0.4, 0.5) is 0 Å². The van der Waals surface area contributed by atoms with Gasteiger partial charge in [-0.2, -0.15) is 0 Å². The van der Waals surface area contributed by atoms with Crippen molar-refractivity contribution in [2.45, 2.75) is 57.8 Å². The lowest BCUT2D eigenvalue weighted by molar-refractivity contribution is -0.130. The maximum atomic E-state index is 12.0. The highest BCUT2D eigenvalue weighted by atomic mass is 16.4. The van der Waals surface area contributed by atoms with Crippen LogP contribution in [0.25, 0.3) is 5.57 Å². The molecule has 0 aromatic heterocycles. The molecule has 0 amide bonds. The smallest absolute Gasteiger partial charge is 0.336 e. The molecule has 4 aliphatic rings. The quantitative estimate of drug-likeness (QED) is 0.499. The summed E-state index contributed by atoms with van der Waals surface area (Å²) < 4.78 is 0. The predicted molar refractivity (Wildman–Crippen MR) is 112 cm³/mol. The molecule has 0 unspecified atom stereocenters. The van der Waals surface area contributed by atoms with Crippen LogP contribution < -0.4 is 0 Å². The average Bonchev–Trinajstić information content (AvgIpc) is 2.62. The van der Waals surface area contributed by atoms with Crippen LogP contribution in [0.15, 0.2) is 48.1 Å². The Morgan fingerprint density at radius 3 is 2.21 bits per heavy atom. The van der Waals surface area contributed by atoms with Crippen molar-refractivity contribution in [3.05, 3.63) is 59.2 Å². The first-order chi connectivity index (χ1) is 13.4. The summed E-state index contributed by atoms with van der Waals surface area (Å²) in [7, 11) is 0. The number of allylic oxidation sites excluding steroid dienone is 5. The highest BCUT2D eigenvalue weighted by Crippen LogP contribution is 2.61. The van der Waals surface area contributed by atoms with Crippen LogP contribution in [0.5, 0.6) is 5.75 Å². The Kier molecular flexibility index (Phi) is 4.95. The van der Waals surface area contributed by atoms with Gasteiger partial charge in [-0.05, 0) is 98.8 Å². The molecule has 0 spiro atoms. The van der Waals surface area contributed by atoms with Crippen LogP contribution in [-0.4, -0.2) is 16.2 Å². The van der Waals surface area contributed by atoms with Gasteiger partial charge >= 0.3 is 5.97 Å². The van der Waals surface area contributed by atoms with E-state index in [-0.39, 0.29) is 5.41 Å². The zero-order valence-corrected chi connectivity index (χ0v) is 16.8. The SMILES string of the molecule is CC=CC=CC(C)=C(C(=O)O)c1ccc(O)c(C23CC4CC(CC(C4)C2)C3)c1. The summed E-state index contributed by atoms with van der Waals surface area (Å²) in [5.41, 5.74) is 2.74. The number of carboxylic acid groups (broad SMARTS) is 1. The molecule has 2 N–H and O–H groups in total. The Bertz CT molecular complexity index is 836. The molecular weight excluding hydrogens is 348 g/mol. The van der Waals surface area contributed by atoms with Crippen molar-refractivity contribution >= 4 is 11.5 Å². The average molecular weight is 379 g/mol. The molecule has 5 rings (SSSR count). The largest absolute Gasteiger partial charge is 0.508 e. The lowest BCUT2D eigenvalue weighted by Crippen LogP contribution is -2.48. The normalized spacial score (nSPS) is 32.3. The van der Waals surface area contributed by atoms with Gasteiger partial charge in [0.2, 0.25) is 0 Å². The Balaban J connectivity index is 1.77. The molecule has 148 valence electrons. The van der Waals surface area contributed by atoms with E-state index in [0.717, 1.165) is 42.6 Å². The first-order valence-electron chi connectivity index (χ1n) is 10.5. The van der Waals surface area contributed by atoms with Gasteiger partial charge < -0.3 is 10.2 Å². The van der Waals surface area contributed by atoms with Crippen molar-refractivity contribution in [1.29, 1.82) is 0 Å². The van der Waals surface area contributed by atoms with E-state index in [2.05, 4.69) is 0 Å². The van der Waals surface area contributed by atoms with Crippen molar-refractivity contribution in [3.63, 3.8) is 0 Å². The van der Waals surface area contributed by atoms with Gasteiger partial charge in [-0.3, -0.25) is 0 Å². The fourth-order valence-corrected chi connectivity index (χ4v) is 6.47. The van der Waals surface area contributed by atoms with Crippen LogP contribution in [0.2, 0.25) is 0 Å². The maximum Gasteiger partial charge on any atom is 0.336 e. The zero-order valence-electron chi connectivity index (χ0n) is 16.8. The molecule has 1 aromatic carbocycles. The molecule has 3 heteroatoms. The van der Waals surface area contributed by atoms with Crippen molar-refractivity contribution in [2.24, 2.45) is 17.8 Å². The van der Waals surface area contributed by atoms with E-state index in [0.29, 0.717) is 22.5 Å². The summed E-state index contributed by atoms with van der Waals surface area (Å²) in [5.74, 6) is 1.72. The molecule has 0 atom stereocenters. The molecule has 4 aliphatic carbocycles. The lowest BCUT2D eigenvalue weighted by Gasteiger charge is -2.57. The molecule has 28 heavy (non-hydrogen) atoms. The number of hydrogen-bond acceptors (Lipinski definition) is 2. The summed E-state index contributed by atoms with van der Waals surface area (Å²) in [5, 5.41) is 20.6.